The number of phenolic OH excluding ortho intramolecular Hbond substituents is 2. The number of rotatable bonds is 0. The maximum atomic E-state index is 14.5. The van der Waals surface area contributed by atoms with Crippen LogP contribution in [0.5, 0.6) is 11.5 Å². The van der Waals surface area contributed by atoms with Gasteiger partial charge >= 0.3 is 5.97 Å². The minimum atomic E-state index is -4.58. The van der Waals surface area contributed by atoms with Gasteiger partial charge in [-0.25, -0.2) is 17.6 Å². The Morgan fingerprint density at radius 2 is 1.84 bits per heavy atom. The molecular weight excluding hydrogens is 507 g/mol. The van der Waals surface area contributed by atoms with E-state index in [4.69, 9.17) is 4.74 Å². The lowest BCUT2D eigenvalue weighted by Gasteiger charge is -2.14. The third kappa shape index (κ3) is 3.74. The Labute approximate surface area is 189 Å². The zero-order valence-corrected chi connectivity index (χ0v) is 18.3. The van der Waals surface area contributed by atoms with Crippen LogP contribution in [0.3, 0.4) is 0 Å². The Kier molecular flexibility index (Phi) is 5.28. The highest BCUT2D eigenvalue weighted by Crippen LogP contribution is 2.39. The summed E-state index contributed by atoms with van der Waals surface area (Å²) in [5.74, 6) is -3.66. The number of nitrogens with one attached hydrogen (secondary N) is 1. The number of nitrogens with zero attached hydrogens (tertiary/aromatic N) is 1. The van der Waals surface area contributed by atoms with Gasteiger partial charge in [0.2, 0.25) is 0 Å². The first kappa shape index (κ1) is 21.6. The predicted octanol–water partition coefficient (Wildman–Crippen LogP) is 4.01. The fraction of sp³-hybridized carbons (Fsp3) is 0.0476. The van der Waals surface area contributed by atoms with Crippen LogP contribution in [0, 0.1) is 17.1 Å². The number of anilines is 1. The number of esters is 1. The van der Waals surface area contributed by atoms with E-state index in [0.29, 0.717) is 11.1 Å². The normalized spacial score (nSPS) is 14.5. The molecule has 3 aromatic carbocycles. The number of benzene rings is 3. The molecule has 0 atom stereocenters. The molecule has 3 aromatic rings. The zero-order valence-electron chi connectivity index (χ0n) is 15.9. The smallest absolute Gasteiger partial charge is 0.338 e. The summed E-state index contributed by atoms with van der Waals surface area (Å²) in [6.45, 7) is -0.272. The maximum absolute atomic E-state index is 14.5. The second-order valence-corrected chi connectivity index (χ2v) is 9.33. The maximum Gasteiger partial charge on any atom is 0.338 e. The van der Waals surface area contributed by atoms with E-state index in [1.807, 2.05) is 10.8 Å². The zero-order chi connectivity index (χ0) is 23.2. The number of hydrogen-bond acceptors (Lipinski definition) is 7. The van der Waals surface area contributed by atoms with Crippen molar-refractivity contribution < 1.29 is 32.6 Å². The SMILES string of the molecule is N#Cc1ccc2c(c1)-c1cc(F)c(O)c(c1)NS(=O)(=O)c1cc(cc(Br)c1O)C(=O)OC2. The minimum Gasteiger partial charge on any atom is -0.505 e. The molecule has 11 heteroatoms. The molecule has 0 saturated heterocycles. The summed E-state index contributed by atoms with van der Waals surface area (Å²) >= 11 is 3.00. The first-order valence-electron chi connectivity index (χ1n) is 8.89. The second-order valence-electron chi connectivity index (χ2n) is 6.82. The molecular formula is C21H12BrFN2O6S. The average molecular weight is 519 g/mol. The van der Waals surface area contributed by atoms with Gasteiger partial charge in [0.15, 0.2) is 11.6 Å². The van der Waals surface area contributed by atoms with Gasteiger partial charge in [-0.1, -0.05) is 6.07 Å². The van der Waals surface area contributed by atoms with Crippen molar-refractivity contribution >= 4 is 37.6 Å². The Bertz CT molecular complexity index is 1450. The molecule has 0 amide bonds. The Balaban J connectivity index is 2.03. The van der Waals surface area contributed by atoms with Gasteiger partial charge < -0.3 is 14.9 Å². The number of fused-ring (bicyclic) bond motifs is 6. The van der Waals surface area contributed by atoms with Crippen molar-refractivity contribution in [1.29, 1.82) is 5.26 Å². The first-order chi connectivity index (χ1) is 15.1. The number of ether oxygens (including phenoxy) is 1. The van der Waals surface area contributed by atoms with Crippen LogP contribution in [0.15, 0.2) is 51.8 Å². The van der Waals surface area contributed by atoms with Crippen molar-refractivity contribution in [2.45, 2.75) is 11.5 Å². The summed E-state index contributed by atoms with van der Waals surface area (Å²) in [6, 6.07) is 10.6. The molecule has 162 valence electrons. The van der Waals surface area contributed by atoms with Gasteiger partial charge in [-0.2, -0.15) is 5.26 Å². The van der Waals surface area contributed by atoms with E-state index in [9.17, 15) is 33.1 Å². The van der Waals surface area contributed by atoms with E-state index in [1.165, 1.54) is 30.3 Å². The number of carbonyl (C=O) groups is 1. The van der Waals surface area contributed by atoms with Crippen molar-refractivity contribution in [3.8, 4) is 28.7 Å². The summed E-state index contributed by atoms with van der Waals surface area (Å²) in [5.41, 5.74) is 0.389. The third-order valence-corrected chi connectivity index (χ3v) is 6.75. The minimum absolute atomic E-state index is 0.0922. The molecule has 0 unspecified atom stereocenters. The highest BCUT2D eigenvalue weighted by Gasteiger charge is 2.27. The van der Waals surface area contributed by atoms with Crippen LogP contribution in [-0.2, 0) is 21.4 Å². The number of hydrogen-bond donors (Lipinski definition) is 3. The van der Waals surface area contributed by atoms with Crippen LogP contribution >= 0.6 is 15.9 Å². The van der Waals surface area contributed by atoms with Crippen LogP contribution in [0.25, 0.3) is 11.1 Å². The van der Waals surface area contributed by atoms with Gasteiger partial charge in [-0.3, -0.25) is 4.72 Å². The second kappa shape index (κ2) is 7.81. The van der Waals surface area contributed by atoms with Crippen LogP contribution in [-0.4, -0.2) is 24.6 Å². The molecule has 32 heavy (non-hydrogen) atoms. The Morgan fingerprint density at radius 1 is 1.09 bits per heavy atom. The van der Waals surface area contributed by atoms with E-state index >= 15 is 0 Å². The van der Waals surface area contributed by atoms with Crippen LogP contribution < -0.4 is 4.72 Å². The molecule has 1 aliphatic heterocycles. The van der Waals surface area contributed by atoms with E-state index in [1.54, 1.807) is 0 Å². The molecule has 0 radical (unpaired) electrons. The van der Waals surface area contributed by atoms with Gasteiger partial charge in [0.1, 0.15) is 17.3 Å². The lowest BCUT2D eigenvalue weighted by molar-refractivity contribution is 0.0473. The number of cyclic esters (lactones) is 1. The third-order valence-electron chi connectivity index (χ3n) is 4.77. The number of aromatic hydroxyl groups is 2. The number of phenols is 2. The van der Waals surface area contributed by atoms with Crippen molar-refractivity contribution in [2.75, 3.05) is 4.72 Å². The van der Waals surface area contributed by atoms with E-state index in [-0.39, 0.29) is 27.8 Å². The predicted molar refractivity (Wildman–Crippen MR) is 114 cm³/mol. The first-order valence-corrected chi connectivity index (χ1v) is 11.2. The van der Waals surface area contributed by atoms with Crippen LogP contribution in [0.2, 0.25) is 0 Å². The van der Waals surface area contributed by atoms with Crippen molar-refractivity contribution in [2.24, 2.45) is 0 Å². The van der Waals surface area contributed by atoms with Crippen molar-refractivity contribution in [3.05, 3.63) is 69.4 Å². The largest absolute Gasteiger partial charge is 0.505 e. The fourth-order valence-electron chi connectivity index (χ4n) is 3.20. The molecule has 1 heterocycles. The number of carbonyl (C=O) groups excluding carboxylic acids is 1. The standard InChI is InChI=1S/C21H12BrFN2O6S/c22-15-4-13-7-18(19(15)26)32(29,30)25-17-6-12(5-16(23)20(17)27)14-3-10(8-24)1-2-11(14)9-31-21(13)28/h1-7,25-27H,9H2. The van der Waals surface area contributed by atoms with E-state index in [0.717, 1.165) is 12.1 Å². The molecule has 0 saturated carbocycles. The van der Waals surface area contributed by atoms with Crippen molar-refractivity contribution in [1.82, 2.24) is 0 Å². The van der Waals surface area contributed by atoms with Gasteiger partial charge in [-0.05, 0) is 69.0 Å². The van der Waals surface area contributed by atoms with E-state index in [2.05, 4.69) is 15.9 Å². The van der Waals surface area contributed by atoms with Gasteiger partial charge in [-0.15, -0.1) is 0 Å². The molecule has 8 nitrogen and oxygen atoms in total. The highest BCUT2D eigenvalue weighted by molar-refractivity contribution is 9.10. The fourth-order valence-corrected chi connectivity index (χ4v) is 4.99. The summed E-state index contributed by atoms with van der Waals surface area (Å²) in [7, 11) is -4.58. The molecule has 0 aromatic heterocycles. The van der Waals surface area contributed by atoms with Gasteiger partial charge in [0, 0.05) is 0 Å². The molecule has 3 N–H and O–H groups in total. The van der Waals surface area contributed by atoms with Crippen LogP contribution in [0.4, 0.5) is 10.1 Å². The van der Waals surface area contributed by atoms with Gasteiger partial charge in [0.05, 0.1) is 27.4 Å². The lowest BCUT2D eigenvalue weighted by atomic mass is 9.97. The molecule has 0 aliphatic carbocycles. The summed E-state index contributed by atoms with van der Waals surface area (Å²) in [4.78, 5) is 11.9. The van der Waals surface area contributed by atoms with Crippen molar-refractivity contribution in [3.63, 3.8) is 0 Å². The molecule has 0 spiro atoms. The lowest BCUT2D eigenvalue weighted by Crippen LogP contribution is -2.15. The number of sulfonamides is 1. The van der Waals surface area contributed by atoms with E-state index < -0.39 is 43.9 Å². The quantitative estimate of drug-likeness (QED) is 0.302. The van der Waals surface area contributed by atoms with Crippen LogP contribution in [0.1, 0.15) is 21.5 Å². The Morgan fingerprint density at radius 3 is 2.56 bits per heavy atom. The topological polar surface area (TPSA) is 137 Å². The Hall–Kier alpha value is -3.62. The average Bonchev–Trinajstić information content (AvgIpc) is 2.76. The summed E-state index contributed by atoms with van der Waals surface area (Å²) in [5, 5.41) is 29.6. The molecule has 1 aliphatic rings. The molecule has 4 rings (SSSR count). The van der Waals surface area contributed by atoms with Gasteiger partial charge in [0.25, 0.3) is 10.0 Å². The summed E-state index contributed by atoms with van der Waals surface area (Å²) < 4.78 is 47.7. The summed E-state index contributed by atoms with van der Waals surface area (Å²) in [6.07, 6.45) is 0. The molecule has 0 fully saturated rings. The monoisotopic (exact) mass is 518 g/mol. The number of nitriles is 1. The number of halogens is 2. The molecule has 4 bridgehead atoms. The highest BCUT2D eigenvalue weighted by atomic mass is 79.9.